The molecule has 10 heteroatoms. The highest BCUT2D eigenvalue weighted by Crippen LogP contribution is 2.34. The monoisotopic (exact) mass is 474 g/mol. The number of hydrogen-bond acceptors (Lipinski definition) is 8. The molecule has 1 aromatic carbocycles. The van der Waals surface area contributed by atoms with E-state index in [1.807, 2.05) is 17.0 Å². The molecule has 0 radical (unpaired) electrons. The van der Waals surface area contributed by atoms with Crippen LogP contribution in [0.3, 0.4) is 0 Å². The zero-order chi connectivity index (χ0) is 24.1. The average molecular weight is 475 g/mol. The molecule has 1 aromatic heterocycles. The molecular weight excluding hydrogens is 444 g/mol. The van der Waals surface area contributed by atoms with Gasteiger partial charge in [0, 0.05) is 46.0 Å². The number of phenols is 1. The van der Waals surface area contributed by atoms with Crippen LogP contribution in [0.1, 0.15) is 32.5 Å². The summed E-state index contributed by atoms with van der Waals surface area (Å²) in [7, 11) is 3.28. The molecule has 2 amide bonds. The summed E-state index contributed by atoms with van der Waals surface area (Å²) in [6.07, 6.45) is 0. The van der Waals surface area contributed by atoms with E-state index in [0.717, 1.165) is 30.1 Å². The van der Waals surface area contributed by atoms with Crippen LogP contribution in [-0.2, 0) is 9.53 Å². The quantitative estimate of drug-likeness (QED) is 0.594. The first-order valence-electron chi connectivity index (χ1n) is 10.8. The number of amides is 2. The van der Waals surface area contributed by atoms with Gasteiger partial charge in [-0.05, 0) is 43.7 Å². The third-order valence-corrected chi connectivity index (χ3v) is 6.63. The zero-order valence-corrected chi connectivity index (χ0v) is 20.2. The molecule has 1 saturated heterocycles. The van der Waals surface area contributed by atoms with Crippen molar-refractivity contribution < 1.29 is 24.2 Å². The molecule has 1 aliphatic heterocycles. The number of ether oxygens (including phenoxy) is 1. The van der Waals surface area contributed by atoms with Gasteiger partial charge in [0.2, 0.25) is 5.91 Å². The fraction of sp³-hybridized carbons (Fsp3) is 0.435. The Morgan fingerprint density at radius 2 is 1.76 bits per heavy atom. The summed E-state index contributed by atoms with van der Waals surface area (Å²) in [5.41, 5.74) is 1.77. The maximum absolute atomic E-state index is 12.8. The van der Waals surface area contributed by atoms with E-state index in [-0.39, 0.29) is 36.3 Å². The molecule has 0 bridgehead atoms. The highest BCUT2D eigenvalue weighted by atomic mass is 32.1. The van der Waals surface area contributed by atoms with Gasteiger partial charge in [-0.15, -0.1) is 11.3 Å². The topological polar surface area (TPSA) is 102 Å². The Morgan fingerprint density at radius 1 is 1.12 bits per heavy atom. The molecule has 0 aliphatic carbocycles. The number of thiophene rings is 1. The molecule has 2 N–H and O–H groups in total. The maximum Gasteiger partial charge on any atom is 0.341 e. The SMILES string of the molecule is CCOC(=O)c1c(NC(=O)CN2CCN(c3ccc(O)cc3)CC2)sc(C(=O)N(C)C)c1C. The molecule has 0 unspecified atom stereocenters. The van der Waals surface area contributed by atoms with Crippen LogP contribution in [0, 0.1) is 6.92 Å². The number of aromatic hydroxyl groups is 1. The van der Waals surface area contributed by atoms with Gasteiger partial charge in [0.25, 0.3) is 5.91 Å². The van der Waals surface area contributed by atoms with Crippen molar-refractivity contribution in [2.45, 2.75) is 13.8 Å². The van der Waals surface area contributed by atoms with Gasteiger partial charge in [0.1, 0.15) is 10.8 Å². The average Bonchev–Trinajstić information content (AvgIpc) is 3.09. The van der Waals surface area contributed by atoms with E-state index < -0.39 is 5.97 Å². The van der Waals surface area contributed by atoms with E-state index in [1.54, 1.807) is 40.1 Å². The van der Waals surface area contributed by atoms with Crippen molar-refractivity contribution in [3.05, 3.63) is 40.3 Å². The molecule has 0 atom stereocenters. The third kappa shape index (κ3) is 5.82. The lowest BCUT2D eigenvalue weighted by atomic mass is 10.1. The van der Waals surface area contributed by atoms with Gasteiger partial charge in [-0.25, -0.2) is 4.79 Å². The summed E-state index contributed by atoms with van der Waals surface area (Å²) in [6.45, 7) is 6.69. The van der Waals surface area contributed by atoms with Gasteiger partial charge in [0.05, 0.1) is 23.6 Å². The van der Waals surface area contributed by atoms with E-state index in [4.69, 9.17) is 4.74 Å². The molecule has 3 rings (SSSR count). The van der Waals surface area contributed by atoms with Crippen LogP contribution < -0.4 is 10.2 Å². The largest absolute Gasteiger partial charge is 0.508 e. The Labute approximate surface area is 197 Å². The van der Waals surface area contributed by atoms with Crippen molar-refractivity contribution in [1.82, 2.24) is 9.80 Å². The lowest BCUT2D eigenvalue weighted by Crippen LogP contribution is -2.48. The number of carbonyl (C=O) groups excluding carboxylic acids is 3. The number of carbonyl (C=O) groups is 3. The first-order chi connectivity index (χ1) is 15.7. The Balaban J connectivity index is 1.66. The third-order valence-electron chi connectivity index (χ3n) is 5.43. The lowest BCUT2D eigenvalue weighted by Gasteiger charge is -2.35. The Hall–Kier alpha value is -3.11. The molecule has 33 heavy (non-hydrogen) atoms. The van der Waals surface area contributed by atoms with Crippen LogP contribution in [0.2, 0.25) is 0 Å². The van der Waals surface area contributed by atoms with Crippen LogP contribution in [0.4, 0.5) is 10.7 Å². The number of esters is 1. The molecular formula is C23H30N4O5S. The number of benzene rings is 1. The van der Waals surface area contributed by atoms with Crippen molar-refractivity contribution in [2.24, 2.45) is 0 Å². The summed E-state index contributed by atoms with van der Waals surface area (Å²) in [6, 6.07) is 7.07. The van der Waals surface area contributed by atoms with Crippen molar-refractivity contribution >= 4 is 39.8 Å². The van der Waals surface area contributed by atoms with Gasteiger partial charge in [-0.3, -0.25) is 14.5 Å². The molecule has 1 fully saturated rings. The number of anilines is 2. The van der Waals surface area contributed by atoms with Crippen molar-refractivity contribution in [2.75, 3.05) is 63.6 Å². The van der Waals surface area contributed by atoms with Gasteiger partial charge >= 0.3 is 5.97 Å². The lowest BCUT2D eigenvalue weighted by molar-refractivity contribution is -0.117. The zero-order valence-electron chi connectivity index (χ0n) is 19.4. The fourth-order valence-electron chi connectivity index (χ4n) is 3.65. The fourth-order valence-corrected chi connectivity index (χ4v) is 4.89. The van der Waals surface area contributed by atoms with Crippen LogP contribution in [0.15, 0.2) is 24.3 Å². The maximum atomic E-state index is 12.8. The Morgan fingerprint density at radius 3 is 2.33 bits per heavy atom. The summed E-state index contributed by atoms with van der Waals surface area (Å²) < 4.78 is 5.16. The van der Waals surface area contributed by atoms with E-state index in [2.05, 4.69) is 10.2 Å². The number of rotatable bonds is 7. The molecule has 2 aromatic rings. The van der Waals surface area contributed by atoms with Gasteiger partial charge < -0.3 is 25.0 Å². The van der Waals surface area contributed by atoms with Crippen molar-refractivity contribution in [1.29, 1.82) is 0 Å². The Kier molecular flexibility index (Phi) is 7.93. The standard InChI is InChI=1S/C23H30N4O5S/c1-5-32-23(31)19-15(2)20(22(30)25(3)4)33-21(19)24-18(29)14-26-10-12-27(13-11-26)16-6-8-17(28)9-7-16/h6-9,28H,5,10-14H2,1-4H3,(H,24,29). The van der Waals surface area contributed by atoms with Gasteiger partial charge in [0.15, 0.2) is 0 Å². The molecule has 2 heterocycles. The highest BCUT2D eigenvalue weighted by molar-refractivity contribution is 7.18. The smallest absolute Gasteiger partial charge is 0.341 e. The van der Waals surface area contributed by atoms with Gasteiger partial charge in [-0.1, -0.05) is 0 Å². The van der Waals surface area contributed by atoms with Gasteiger partial charge in [-0.2, -0.15) is 0 Å². The van der Waals surface area contributed by atoms with E-state index in [0.29, 0.717) is 28.5 Å². The van der Waals surface area contributed by atoms with Crippen molar-refractivity contribution in [3.8, 4) is 5.75 Å². The molecule has 0 spiro atoms. The minimum atomic E-state index is -0.554. The van der Waals surface area contributed by atoms with Crippen LogP contribution >= 0.6 is 11.3 Å². The molecule has 1 aliphatic rings. The molecule has 0 saturated carbocycles. The number of nitrogens with zero attached hydrogens (tertiary/aromatic N) is 3. The summed E-state index contributed by atoms with van der Waals surface area (Å²) in [5.74, 6) is -0.796. The summed E-state index contributed by atoms with van der Waals surface area (Å²) in [4.78, 5) is 43.9. The first kappa shape index (κ1) is 24.5. The predicted molar refractivity (Wildman–Crippen MR) is 128 cm³/mol. The minimum Gasteiger partial charge on any atom is -0.508 e. The first-order valence-corrected chi connectivity index (χ1v) is 11.6. The summed E-state index contributed by atoms with van der Waals surface area (Å²) in [5, 5.41) is 12.6. The van der Waals surface area contributed by atoms with Crippen LogP contribution in [0.25, 0.3) is 0 Å². The Bertz CT molecular complexity index is 1010. The van der Waals surface area contributed by atoms with Crippen LogP contribution in [-0.4, -0.2) is 86.1 Å². The minimum absolute atomic E-state index is 0.180. The highest BCUT2D eigenvalue weighted by Gasteiger charge is 2.28. The number of hydrogen-bond donors (Lipinski definition) is 2. The number of nitrogens with one attached hydrogen (secondary N) is 1. The summed E-state index contributed by atoms with van der Waals surface area (Å²) >= 11 is 1.09. The second kappa shape index (κ2) is 10.7. The van der Waals surface area contributed by atoms with E-state index >= 15 is 0 Å². The van der Waals surface area contributed by atoms with Crippen molar-refractivity contribution in [3.63, 3.8) is 0 Å². The van der Waals surface area contributed by atoms with Crippen LogP contribution in [0.5, 0.6) is 5.75 Å². The number of phenolic OH excluding ortho intramolecular Hbond substituents is 1. The second-order valence-electron chi connectivity index (χ2n) is 8.01. The van der Waals surface area contributed by atoms with E-state index in [1.165, 1.54) is 4.90 Å². The second-order valence-corrected chi connectivity index (χ2v) is 9.03. The molecule has 178 valence electrons. The predicted octanol–water partition coefficient (Wildman–Crippen LogP) is 2.40. The number of piperazine rings is 1. The normalized spacial score (nSPS) is 14.1. The van der Waals surface area contributed by atoms with E-state index in [9.17, 15) is 19.5 Å². The molecule has 9 nitrogen and oxygen atoms in total.